The second kappa shape index (κ2) is 6.25. The van der Waals surface area contributed by atoms with E-state index in [4.69, 9.17) is 21.1 Å². The van der Waals surface area contributed by atoms with E-state index < -0.39 is 0 Å². The third kappa shape index (κ3) is 3.11. The Labute approximate surface area is 132 Å². The molecule has 1 spiro atoms. The van der Waals surface area contributed by atoms with E-state index in [-0.39, 0.29) is 5.60 Å². The summed E-state index contributed by atoms with van der Waals surface area (Å²) in [5.74, 6) is 0.574. The van der Waals surface area contributed by atoms with E-state index in [0.717, 1.165) is 44.1 Å². The molecule has 2 aliphatic rings. The fourth-order valence-electron chi connectivity index (χ4n) is 3.85. The van der Waals surface area contributed by atoms with Gasteiger partial charge >= 0.3 is 0 Å². The first-order valence-electron chi connectivity index (χ1n) is 7.79. The fraction of sp³-hybridized carbons (Fsp3) is 0.647. The van der Waals surface area contributed by atoms with Crippen molar-refractivity contribution in [1.29, 1.82) is 0 Å². The highest BCUT2D eigenvalue weighted by atomic mass is 35.5. The van der Waals surface area contributed by atoms with Crippen LogP contribution >= 0.6 is 11.6 Å². The van der Waals surface area contributed by atoms with Gasteiger partial charge in [0.1, 0.15) is 0 Å². The van der Waals surface area contributed by atoms with Crippen LogP contribution in [0.5, 0.6) is 0 Å². The fourth-order valence-corrected chi connectivity index (χ4v) is 4.07. The third-order valence-electron chi connectivity index (χ3n) is 4.95. The zero-order chi connectivity index (χ0) is 14.9. The Hall–Kier alpha value is -0.610. The van der Waals surface area contributed by atoms with Crippen LogP contribution in [0.15, 0.2) is 18.2 Å². The zero-order valence-electron chi connectivity index (χ0n) is 12.8. The van der Waals surface area contributed by atoms with Gasteiger partial charge in [-0.2, -0.15) is 0 Å². The number of benzene rings is 1. The molecule has 2 aliphatic heterocycles. The third-order valence-corrected chi connectivity index (χ3v) is 5.18. The first kappa shape index (κ1) is 15.3. The van der Waals surface area contributed by atoms with Gasteiger partial charge < -0.3 is 14.8 Å². The molecule has 3 atom stereocenters. The van der Waals surface area contributed by atoms with E-state index in [0.29, 0.717) is 12.0 Å². The Kier molecular flexibility index (Phi) is 4.55. The minimum atomic E-state index is -0.0433. The van der Waals surface area contributed by atoms with Gasteiger partial charge in [0.2, 0.25) is 0 Å². The Morgan fingerprint density at radius 2 is 2.24 bits per heavy atom. The van der Waals surface area contributed by atoms with Crippen molar-refractivity contribution in [1.82, 2.24) is 5.32 Å². The molecule has 1 N–H and O–H groups in total. The summed E-state index contributed by atoms with van der Waals surface area (Å²) in [6, 6.07) is 6.55. The zero-order valence-corrected chi connectivity index (χ0v) is 13.6. The average Bonchev–Trinajstić information content (AvgIpc) is 2.90. The number of hydrogen-bond donors (Lipinski definition) is 1. The summed E-state index contributed by atoms with van der Waals surface area (Å²) >= 11 is 6.09. The molecule has 3 unspecified atom stereocenters. The smallest absolute Gasteiger partial charge is 0.0940 e. The number of hydrogen-bond acceptors (Lipinski definition) is 3. The van der Waals surface area contributed by atoms with Gasteiger partial charge in [-0.05, 0) is 56.0 Å². The van der Waals surface area contributed by atoms with Gasteiger partial charge in [0, 0.05) is 30.7 Å². The van der Waals surface area contributed by atoms with Crippen molar-refractivity contribution in [2.75, 3.05) is 26.9 Å². The molecule has 3 nitrogen and oxygen atoms in total. The van der Waals surface area contributed by atoms with Crippen LogP contribution in [0.4, 0.5) is 0 Å². The highest BCUT2D eigenvalue weighted by Crippen LogP contribution is 2.41. The first-order chi connectivity index (χ1) is 10.1. The van der Waals surface area contributed by atoms with Gasteiger partial charge in [-0.15, -0.1) is 0 Å². The molecule has 1 aromatic carbocycles. The van der Waals surface area contributed by atoms with Gasteiger partial charge in [-0.3, -0.25) is 0 Å². The van der Waals surface area contributed by atoms with Gasteiger partial charge in [-0.1, -0.05) is 17.7 Å². The van der Waals surface area contributed by atoms with Crippen LogP contribution in [0.3, 0.4) is 0 Å². The molecule has 0 saturated carbocycles. The van der Waals surface area contributed by atoms with Crippen LogP contribution in [0, 0.1) is 12.8 Å². The van der Waals surface area contributed by atoms with Gasteiger partial charge in [0.15, 0.2) is 0 Å². The van der Waals surface area contributed by atoms with Crippen LogP contribution in [-0.4, -0.2) is 32.5 Å². The summed E-state index contributed by atoms with van der Waals surface area (Å²) in [6.07, 6.45) is 3.19. The van der Waals surface area contributed by atoms with E-state index in [1.807, 2.05) is 13.1 Å². The minimum absolute atomic E-state index is 0.0433. The van der Waals surface area contributed by atoms with Crippen molar-refractivity contribution in [3.05, 3.63) is 34.3 Å². The second-order valence-electron chi connectivity index (χ2n) is 6.35. The molecule has 1 aromatic rings. The topological polar surface area (TPSA) is 30.5 Å². The lowest BCUT2D eigenvalue weighted by molar-refractivity contribution is -0.103. The molecule has 21 heavy (non-hydrogen) atoms. The SMILES string of the molecule is CNC(c1ccc(Cl)cc1C)C1CCOC2(CCOC2)C1. The number of ether oxygens (including phenoxy) is 2. The van der Waals surface area contributed by atoms with E-state index in [9.17, 15) is 0 Å². The highest BCUT2D eigenvalue weighted by Gasteiger charge is 2.43. The molecular weight excluding hydrogens is 286 g/mol. The molecule has 0 amide bonds. The summed E-state index contributed by atoms with van der Waals surface area (Å²) in [5, 5.41) is 4.32. The Morgan fingerprint density at radius 3 is 2.90 bits per heavy atom. The molecular formula is C17H24ClNO2. The standard InChI is InChI=1S/C17H24ClNO2/c1-12-9-14(18)3-4-15(12)16(19-2)13-5-7-21-17(10-13)6-8-20-11-17/h3-4,9,13,16,19H,5-8,10-11H2,1-2H3. The van der Waals surface area contributed by atoms with Gasteiger partial charge in [-0.25, -0.2) is 0 Å². The maximum absolute atomic E-state index is 6.09. The maximum atomic E-state index is 6.09. The minimum Gasteiger partial charge on any atom is -0.378 e. The Morgan fingerprint density at radius 1 is 1.38 bits per heavy atom. The molecule has 0 aromatic heterocycles. The molecule has 0 aliphatic carbocycles. The summed E-state index contributed by atoms with van der Waals surface area (Å²) in [5.41, 5.74) is 2.56. The molecule has 4 heteroatoms. The highest BCUT2D eigenvalue weighted by molar-refractivity contribution is 6.30. The van der Waals surface area contributed by atoms with E-state index in [1.54, 1.807) is 0 Å². The first-order valence-corrected chi connectivity index (χ1v) is 8.16. The lowest BCUT2D eigenvalue weighted by Gasteiger charge is -2.40. The van der Waals surface area contributed by atoms with Crippen LogP contribution in [-0.2, 0) is 9.47 Å². The largest absolute Gasteiger partial charge is 0.378 e. The molecule has 2 heterocycles. The maximum Gasteiger partial charge on any atom is 0.0940 e. The van der Waals surface area contributed by atoms with Crippen LogP contribution in [0.2, 0.25) is 5.02 Å². The normalized spacial score (nSPS) is 30.7. The van der Waals surface area contributed by atoms with Gasteiger partial charge in [0.05, 0.1) is 12.2 Å². The Bertz CT molecular complexity index is 500. The van der Waals surface area contributed by atoms with Crippen LogP contribution in [0.25, 0.3) is 0 Å². The lowest BCUT2D eigenvalue weighted by atomic mass is 9.78. The van der Waals surface area contributed by atoms with Crippen LogP contribution < -0.4 is 5.32 Å². The van der Waals surface area contributed by atoms with Gasteiger partial charge in [0.25, 0.3) is 0 Å². The summed E-state index contributed by atoms with van der Waals surface area (Å²) in [7, 11) is 2.05. The van der Waals surface area contributed by atoms with Crippen molar-refractivity contribution in [3.63, 3.8) is 0 Å². The van der Waals surface area contributed by atoms with E-state index in [2.05, 4.69) is 24.4 Å². The number of nitrogens with one attached hydrogen (secondary N) is 1. The molecule has 2 saturated heterocycles. The van der Waals surface area contributed by atoms with Crippen molar-refractivity contribution in [2.24, 2.45) is 5.92 Å². The quantitative estimate of drug-likeness (QED) is 0.927. The number of halogens is 1. The van der Waals surface area contributed by atoms with Crippen molar-refractivity contribution >= 4 is 11.6 Å². The lowest BCUT2D eigenvalue weighted by Crippen LogP contribution is -2.43. The summed E-state index contributed by atoms with van der Waals surface area (Å²) in [6.45, 7) is 4.55. The number of aryl methyl sites for hydroxylation is 1. The predicted molar refractivity (Wildman–Crippen MR) is 84.8 cm³/mol. The van der Waals surface area contributed by atoms with Crippen molar-refractivity contribution in [3.8, 4) is 0 Å². The molecule has 116 valence electrons. The number of rotatable bonds is 3. The van der Waals surface area contributed by atoms with Crippen LogP contribution in [0.1, 0.15) is 36.4 Å². The van der Waals surface area contributed by atoms with E-state index >= 15 is 0 Å². The molecule has 0 radical (unpaired) electrons. The van der Waals surface area contributed by atoms with Crippen molar-refractivity contribution in [2.45, 2.75) is 37.8 Å². The summed E-state index contributed by atoms with van der Waals surface area (Å²) < 4.78 is 11.6. The monoisotopic (exact) mass is 309 g/mol. The predicted octanol–water partition coefficient (Wildman–Crippen LogP) is 3.49. The average molecular weight is 310 g/mol. The second-order valence-corrected chi connectivity index (χ2v) is 6.79. The molecule has 2 fully saturated rings. The molecule has 0 bridgehead atoms. The molecule has 3 rings (SSSR count). The Balaban J connectivity index is 1.82. The van der Waals surface area contributed by atoms with Crippen molar-refractivity contribution < 1.29 is 9.47 Å². The summed E-state index contributed by atoms with van der Waals surface area (Å²) in [4.78, 5) is 0. The van der Waals surface area contributed by atoms with E-state index in [1.165, 1.54) is 11.1 Å².